The molecule has 2 amide bonds. The maximum absolute atomic E-state index is 12.8. The summed E-state index contributed by atoms with van der Waals surface area (Å²) in [6.07, 6.45) is 0.397. The topological polar surface area (TPSA) is 58.6 Å². The minimum absolute atomic E-state index is 0.0101. The predicted molar refractivity (Wildman–Crippen MR) is 95.8 cm³/mol. The molecule has 0 fully saturated rings. The zero-order valence-corrected chi connectivity index (χ0v) is 15.7. The van der Waals surface area contributed by atoms with Crippen molar-refractivity contribution in [3.8, 4) is 5.75 Å². The van der Waals surface area contributed by atoms with Crippen LogP contribution in [0.4, 0.5) is 4.39 Å². The van der Waals surface area contributed by atoms with E-state index in [0.717, 1.165) is 0 Å². The van der Waals surface area contributed by atoms with Gasteiger partial charge in [-0.1, -0.05) is 27.7 Å². The molecule has 1 atom stereocenters. The van der Waals surface area contributed by atoms with Gasteiger partial charge in [0.25, 0.3) is 0 Å². The number of benzene rings is 1. The number of ether oxygens (including phenoxy) is 1. The second-order valence-electron chi connectivity index (χ2n) is 6.95. The molecular weight excluding hydrogens is 323 g/mol. The van der Waals surface area contributed by atoms with Crippen molar-refractivity contribution in [1.29, 1.82) is 0 Å². The van der Waals surface area contributed by atoms with Gasteiger partial charge < -0.3 is 15.0 Å². The first-order valence-corrected chi connectivity index (χ1v) is 8.63. The third-order valence-corrected chi connectivity index (χ3v) is 3.73. The van der Waals surface area contributed by atoms with E-state index in [1.165, 1.54) is 12.1 Å². The Kier molecular flexibility index (Phi) is 8.38. The van der Waals surface area contributed by atoms with Gasteiger partial charge in [-0.05, 0) is 36.1 Å². The fourth-order valence-corrected chi connectivity index (χ4v) is 2.30. The van der Waals surface area contributed by atoms with Gasteiger partial charge in [0.1, 0.15) is 24.2 Å². The van der Waals surface area contributed by atoms with Gasteiger partial charge in [-0.3, -0.25) is 9.59 Å². The lowest BCUT2D eigenvalue weighted by Crippen LogP contribution is -2.51. The number of carbonyl (C=O) groups excluding carboxylic acids is 2. The molecule has 0 radical (unpaired) electrons. The van der Waals surface area contributed by atoms with Gasteiger partial charge >= 0.3 is 0 Å². The molecule has 0 aliphatic carbocycles. The molecule has 0 aliphatic rings. The van der Waals surface area contributed by atoms with Crippen LogP contribution in [0.1, 0.15) is 34.1 Å². The Bertz CT molecular complexity index is 558. The number of likely N-dealkylation sites (N-methyl/N-ethyl adjacent to an activating group) is 1. The molecule has 0 saturated heterocycles. The molecule has 0 spiro atoms. The van der Waals surface area contributed by atoms with E-state index < -0.39 is 6.04 Å². The summed E-state index contributed by atoms with van der Waals surface area (Å²) in [5.41, 5.74) is 0. The molecule has 5 nitrogen and oxygen atoms in total. The van der Waals surface area contributed by atoms with Gasteiger partial charge in [-0.25, -0.2) is 4.39 Å². The second-order valence-corrected chi connectivity index (χ2v) is 6.95. The molecule has 1 unspecified atom stereocenters. The van der Waals surface area contributed by atoms with Gasteiger partial charge in [0, 0.05) is 13.5 Å². The van der Waals surface area contributed by atoms with Crippen LogP contribution in [0.2, 0.25) is 0 Å². The van der Waals surface area contributed by atoms with Crippen LogP contribution >= 0.6 is 0 Å². The number of carbonyl (C=O) groups is 2. The molecular formula is C19H29FN2O3. The standard InChI is InChI=1S/C19H29FN2O3/c1-13(2)12-17(23)21-18(14(3)4)19(24)22(5)10-11-25-16-8-6-15(20)7-9-16/h6-9,13-14,18H,10-12H2,1-5H3,(H,21,23). The molecule has 0 aliphatic heterocycles. The number of amides is 2. The van der Waals surface area contributed by atoms with Crippen LogP contribution in [0.5, 0.6) is 5.75 Å². The third kappa shape index (κ3) is 7.54. The molecule has 0 saturated carbocycles. The molecule has 1 aromatic rings. The molecule has 1 rings (SSSR count). The highest BCUT2D eigenvalue weighted by Crippen LogP contribution is 2.11. The maximum Gasteiger partial charge on any atom is 0.245 e. The lowest BCUT2D eigenvalue weighted by molar-refractivity contribution is -0.137. The zero-order valence-electron chi connectivity index (χ0n) is 15.7. The van der Waals surface area contributed by atoms with E-state index in [9.17, 15) is 14.0 Å². The van der Waals surface area contributed by atoms with Crippen molar-refractivity contribution in [3.63, 3.8) is 0 Å². The van der Waals surface area contributed by atoms with Crippen LogP contribution in [0.25, 0.3) is 0 Å². The highest BCUT2D eigenvalue weighted by atomic mass is 19.1. The molecule has 6 heteroatoms. The van der Waals surface area contributed by atoms with E-state index in [0.29, 0.717) is 25.3 Å². The molecule has 140 valence electrons. The molecule has 0 bridgehead atoms. The number of nitrogens with one attached hydrogen (secondary N) is 1. The summed E-state index contributed by atoms with van der Waals surface area (Å²) >= 11 is 0. The highest BCUT2D eigenvalue weighted by Gasteiger charge is 2.27. The van der Waals surface area contributed by atoms with E-state index >= 15 is 0 Å². The number of nitrogens with zero attached hydrogens (tertiary/aromatic N) is 1. The normalized spacial score (nSPS) is 12.2. The minimum atomic E-state index is -0.554. The number of hydrogen-bond acceptors (Lipinski definition) is 3. The fraction of sp³-hybridized carbons (Fsp3) is 0.579. The van der Waals surface area contributed by atoms with E-state index in [-0.39, 0.29) is 29.5 Å². The summed E-state index contributed by atoms with van der Waals surface area (Å²) in [5, 5.41) is 2.83. The van der Waals surface area contributed by atoms with Crippen LogP contribution in [0, 0.1) is 17.7 Å². The largest absolute Gasteiger partial charge is 0.492 e. The Hall–Kier alpha value is -2.11. The SMILES string of the molecule is CC(C)CC(=O)NC(C(=O)N(C)CCOc1ccc(F)cc1)C(C)C. The van der Waals surface area contributed by atoms with Crippen molar-refractivity contribution < 1.29 is 18.7 Å². The molecule has 1 N–H and O–H groups in total. The molecule has 0 heterocycles. The van der Waals surface area contributed by atoms with Gasteiger partial charge in [0.15, 0.2) is 0 Å². The summed E-state index contributed by atoms with van der Waals surface area (Å²) in [4.78, 5) is 26.1. The number of halogens is 1. The summed E-state index contributed by atoms with van der Waals surface area (Å²) in [5.74, 6) is 0.200. The van der Waals surface area contributed by atoms with Crippen LogP contribution in [-0.4, -0.2) is 43.0 Å². The summed E-state index contributed by atoms with van der Waals surface area (Å²) < 4.78 is 18.4. The Morgan fingerprint density at radius 2 is 1.76 bits per heavy atom. The summed E-state index contributed by atoms with van der Waals surface area (Å²) in [6, 6.07) is 5.18. The van der Waals surface area contributed by atoms with Crippen molar-refractivity contribution in [2.24, 2.45) is 11.8 Å². The molecule has 1 aromatic carbocycles. The molecule has 0 aromatic heterocycles. The van der Waals surface area contributed by atoms with E-state index in [4.69, 9.17) is 4.74 Å². The van der Waals surface area contributed by atoms with Gasteiger partial charge in [-0.15, -0.1) is 0 Å². The van der Waals surface area contributed by atoms with Gasteiger partial charge in [0.05, 0.1) is 6.54 Å². The minimum Gasteiger partial charge on any atom is -0.492 e. The first-order chi connectivity index (χ1) is 11.7. The molecule has 25 heavy (non-hydrogen) atoms. The van der Waals surface area contributed by atoms with Crippen LogP contribution in [0.15, 0.2) is 24.3 Å². The Labute approximate surface area is 149 Å². The number of rotatable bonds is 9. The average molecular weight is 352 g/mol. The number of hydrogen-bond donors (Lipinski definition) is 1. The highest BCUT2D eigenvalue weighted by molar-refractivity contribution is 5.87. The van der Waals surface area contributed by atoms with Crippen LogP contribution in [-0.2, 0) is 9.59 Å². The quantitative estimate of drug-likeness (QED) is 0.743. The van der Waals surface area contributed by atoms with Crippen molar-refractivity contribution >= 4 is 11.8 Å². The summed E-state index contributed by atoms with van der Waals surface area (Å²) in [7, 11) is 1.68. The first-order valence-electron chi connectivity index (χ1n) is 8.63. The lowest BCUT2D eigenvalue weighted by Gasteiger charge is -2.27. The van der Waals surface area contributed by atoms with Crippen molar-refractivity contribution in [2.75, 3.05) is 20.2 Å². The van der Waals surface area contributed by atoms with E-state index in [1.54, 1.807) is 24.1 Å². The lowest BCUT2D eigenvalue weighted by atomic mass is 10.0. The average Bonchev–Trinajstić information content (AvgIpc) is 2.52. The third-order valence-electron chi connectivity index (χ3n) is 3.73. The predicted octanol–water partition coefficient (Wildman–Crippen LogP) is 2.85. The van der Waals surface area contributed by atoms with E-state index in [1.807, 2.05) is 27.7 Å². The Morgan fingerprint density at radius 3 is 2.28 bits per heavy atom. The van der Waals surface area contributed by atoms with Crippen LogP contribution < -0.4 is 10.1 Å². The fourth-order valence-electron chi connectivity index (χ4n) is 2.30. The second kappa shape index (κ2) is 10.0. The van der Waals surface area contributed by atoms with Crippen molar-refractivity contribution in [1.82, 2.24) is 10.2 Å². The zero-order chi connectivity index (χ0) is 19.0. The van der Waals surface area contributed by atoms with Gasteiger partial charge in [-0.2, -0.15) is 0 Å². The Balaban J connectivity index is 2.52. The van der Waals surface area contributed by atoms with Crippen molar-refractivity contribution in [3.05, 3.63) is 30.1 Å². The maximum atomic E-state index is 12.8. The summed E-state index contributed by atoms with van der Waals surface area (Å²) in [6.45, 7) is 8.40. The van der Waals surface area contributed by atoms with Gasteiger partial charge in [0.2, 0.25) is 11.8 Å². The Morgan fingerprint density at radius 1 is 1.16 bits per heavy atom. The van der Waals surface area contributed by atoms with E-state index in [2.05, 4.69) is 5.32 Å². The first kappa shape index (κ1) is 20.9. The monoisotopic (exact) mass is 352 g/mol. The van der Waals surface area contributed by atoms with Crippen molar-refractivity contribution in [2.45, 2.75) is 40.2 Å². The van der Waals surface area contributed by atoms with Crippen LogP contribution in [0.3, 0.4) is 0 Å². The smallest absolute Gasteiger partial charge is 0.245 e.